The van der Waals surface area contributed by atoms with Crippen LogP contribution in [0.25, 0.3) is 0 Å². The number of nitrogens with one attached hydrogen (secondary N) is 2. The van der Waals surface area contributed by atoms with Crippen LogP contribution >= 0.6 is 11.6 Å². The van der Waals surface area contributed by atoms with Gasteiger partial charge in [0.25, 0.3) is 5.91 Å². The number of hydrogen-bond acceptors (Lipinski definition) is 4. The van der Waals surface area contributed by atoms with E-state index in [-0.39, 0.29) is 11.9 Å². The summed E-state index contributed by atoms with van der Waals surface area (Å²) >= 11 is 6.05. The third-order valence-electron chi connectivity index (χ3n) is 4.63. The molecule has 1 aliphatic rings. The molecule has 1 saturated carbocycles. The van der Waals surface area contributed by atoms with Crippen molar-refractivity contribution in [2.45, 2.75) is 44.6 Å². The molecule has 1 amide bonds. The summed E-state index contributed by atoms with van der Waals surface area (Å²) in [5, 5.41) is 6.94. The number of carbonyl (C=O) groups is 1. The van der Waals surface area contributed by atoms with Gasteiger partial charge in [0.05, 0.1) is 24.7 Å². The lowest BCUT2D eigenvalue weighted by atomic mass is 10.1. The minimum absolute atomic E-state index is 0.108. The molecule has 26 heavy (non-hydrogen) atoms. The lowest BCUT2D eigenvalue weighted by molar-refractivity contribution is 0.0928. The van der Waals surface area contributed by atoms with Gasteiger partial charge in [0, 0.05) is 11.1 Å². The van der Waals surface area contributed by atoms with Crippen molar-refractivity contribution in [2.24, 2.45) is 0 Å². The highest BCUT2D eigenvalue weighted by Crippen LogP contribution is 2.30. The zero-order chi connectivity index (χ0) is 18.4. The second-order valence-electron chi connectivity index (χ2n) is 6.56. The Morgan fingerprint density at radius 2 is 1.92 bits per heavy atom. The zero-order valence-corrected chi connectivity index (χ0v) is 15.7. The number of aromatic nitrogens is 1. The predicted molar refractivity (Wildman–Crippen MR) is 104 cm³/mol. The molecule has 0 aliphatic heterocycles. The molecule has 138 valence electrons. The molecule has 0 saturated heterocycles. The van der Waals surface area contributed by atoms with Crippen LogP contribution in [0.1, 0.15) is 49.0 Å². The molecule has 0 spiro atoms. The molecule has 0 radical (unpaired) electrons. The summed E-state index contributed by atoms with van der Waals surface area (Å²) in [5.41, 5.74) is 1.94. The highest BCUT2D eigenvalue weighted by atomic mass is 35.5. The third-order valence-corrected chi connectivity index (χ3v) is 4.86. The van der Waals surface area contributed by atoms with Crippen molar-refractivity contribution in [3.63, 3.8) is 0 Å². The lowest BCUT2D eigenvalue weighted by Gasteiger charge is -2.16. The normalized spacial score (nSPS) is 15.2. The van der Waals surface area contributed by atoms with E-state index in [0.717, 1.165) is 24.2 Å². The van der Waals surface area contributed by atoms with E-state index in [4.69, 9.17) is 16.3 Å². The molecular weight excluding hydrogens is 350 g/mol. The largest absolute Gasteiger partial charge is 0.495 e. The average Bonchev–Trinajstić information content (AvgIpc) is 2.91. The van der Waals surface area contributed by atoms with E-state index in [1.165, 1.54) is 25.7 Å². The Bertz CT molecular complexity index is 741. The van der Waals surface area contributed by atoms with E-state index in [9.17, 15) is 4.79 Å². The van der Waals surface area contributed by atoms with Crippen LogP contribution in [0.15, 0.2) is 36.5 Å². The van der Waals surface area contributed by atoms with Crippen molar-refractivity contribution in [1.82, 2.24) is 10.3 Å². The molecule has 1 aromatic carbocycles. The van der Waals surface area contributed by atoms with Gasteiger partial charge in [-0.3, -0.25) is 4.79 Å². The summed E-state index contributed by atoms with van der Waals surface area (Å²) in [6.07, 6.45) is 8.64. The van der Waals surface area contributed by atoms with Crippen molar-refractivity contribution in [1.29, 1.82) is 0 Å². The van der Waals surface area contributed by atoms with Crippen LogP contribution in [0.2, 0.25) is 5.02 Å². The van der Waals surface area contributed by atoms with Crippen molar-refractivity contribution >= 4 is 28.9 Å². The number of pyridine rings is 1. The van der Waals surface area contributed by atoms with Gasteiger partial charge in [-0.15, -0.1) is 0 Å². The number of rotatable bonds is 5. The van der Waals surface area contributed by atoms with Gasteiger partial charge < -0.3 is 15.4 Å². The average molecular weight is 374 g/mol. The van der Waals surface area contributed by atoms with Crippen LogP contribution in [0.4, 0.5) is 11.4 Å². The summed E-state index contributed by atoms with van der Waals surface area (Å²) < 4.78 is 5.32. The van der Waals surface area contributed by atoms with E-state index in [1.54, 1.807) is 37.6 Å². The molecule has 0 atom stereocenters. The maximum Gasteiger partial charge on any atom is 0.270 e. The molecule has 1 aromatic heterocycles. The number of amides is 1. The lowest BCUT2D eigenvalue weighted by Crippen LogP contribution is -2.34. The van der Waals surface area contributed by atoms with Crippen LogP contribution in [-0.2, 0) is 0 Å². The molecule has 2 N–H and O–H groups in total. The van der Waals surface area contributed by atoms with Crippen molar-refractivity contribution in [2.75, 3.05) is 12.4 Å². The molecule has 0 unspecified atom stereocenters. The minimum Gasteiger partial charge on any atom is -0.495 e. The Hall–Kier alpha value is -2.27. The minimum atomic E-state index is -0.108. The van der Waals surface area contributed by atoms with Crippen molar-refractivity contribution < 1.29 is 9.53 Å². The molecular formula is C20H24ClN3O2. The summed E-state index contributed by atoms with van der Waals surface area (Å²) in [6.45, 7) is 0. The quantitative estimate of drug-likeness (QED) is 0.728. The summed E-state index contributed by atoms with van der Waals surface area (Å²) in [7, 11) is 1.60. The Morgan fingerprint density at radius 3 is 2.58 bits per heavy atom. The highest BCUT2D eigenvalue weighted by molar-refractivity contribution is 6.31. The maximum atomic E-state index is 12.4. The number of ether oxygens (including phenoxy) is 1. The Labute approximate surface area is 159 Å². The van der Waals surface area contributed by atoms with Crippen LogP contribution in [0.5, 0.6) is 5.75 Å². The number of hydrogen-bond donors (Lipinski definition) is 2. The van der Waals surface area contributed by atoms with E-state index >= 15 is 0 Å². The van der Waals surface area contributed by atoms with Crippen LogP contribution < -0.4 is 15.4 Å². The summed E-state index contributed by atoms with van der Waals surface area (Å²) in [5.74, 6) is 0.577. The number of anilines is 2. The molecule has 0 bridgehead atoms. The zero-order valence-electron chi connectivity index (χ0n) is 14.9. The molecule has 1 heterocycles. The van der Waals surface area contributed by atoms with Crippen molar-refractivity contribution in [3.05, 3.63) is 47.2 Å². The fourth-order valence-electron chi connectivity index (χ4n) is 3.22. The Kier molecular flexibility index (Phi) is 6.34. The van der Waals surface area contributed by atoms with Crippen LogP contribution in [-0.4, -0.2) is 24.0 Å². The van der Waals surface area contributed by atoms with Gasteiger partial charge in [-0.05, 0) is 43.2 Å². The number of halogens is 1. The van der Waals surface area contributed by atoms with E-state index < -0.39 is 0 Å². The van der Waals surface area contributed by atoms with Gasteiger partial charge in [-0.2, -0.15) is 0 Å². The summed E-state index contributed by atoms with van der Waals surface area (Å²) in [6, 6.07) is 9.17. The molecule has 3 rings (SSSR count). The number of methoxy groups -OCH3 is 1. The smallest absolute Gasteiger partial charge is 0.270 e. The Morgan fingerprint density at radius 1 is 1.15 bits per heavy atom. The molecule has 2 aromatic rings. The number of carbonyl (C=O) groups excluding carboxylic acids is 1. The number of benzene rings is 1. The van der Waals surface area contributed by atoms with Crippen LogP contribution in [0, 0.1) is 0 Å². The van der Waals surface area contributed by atoms with Gasteiger partial charge in [0.1, 0.15) is 11.4 Å². The third kappa shape index (κ3) is 4.88. The second kappa shape index (κ2) is 8.90. The van der Waals surface area contributed by atoms with Crippen molar-refractivity contribution in [3.8, 4) is 5.75 Å². The first-order valence-electron chi connectivity index (χ1n) is 9.03. The molecule has 1 aliphatic carbocycles. The second-order valence-corrected chi connectivity index (χ2v) is 7.00. The molecule has 5 nitrogen and oxygen atoms in total. The number of nitrogens with zero attached hydrogens (tertiary/aromatic N) is 1. The fraction of sp³-hybridized carbons (Fsp3) is 0.400. The predicted octanol–water partition coefficient (Wildman–Crippen LogP) is 4.94. The van der Waals surface area contributed by atoms with Gasteiger partial charge in [-0.25, -0.2) is 4.98 Å². The molecule has 6 heteroatoms. The summed E-state index contributed by atoms with van der Waals surface area (Å²) in [4.78, 5) is 16.7. The first kappa shape index (κ1) is 18.5. The first-order chi connectivity index (χ1) is 12.7. The maximum absolute atomic E-state index is 12.4. The first-order valence-corrected chi connectivity index (χ1v) is 9.41. The fourth-order valence-corrected chi connectivity index (χ4v) is 3.39. The SMILES string of the molecule is COc1ccc(Cl)cc1Nc1ccc(C(=O)NC2CCCCCC2)nc1. The van der Waals surface area contributed by atoms with Gasteiger partial charge in [-0.1, -0.05) is 37.3 Å². The van der Waals surface area contributed by atoms with Gasteiger partial charge in [0.15, 0.2) is 0 Å². The standard InChI is InChI=1S/C20H24ClN3O2/c1-26-19-11-8-14(21)12-18(19)23-16-9-10-17(22-13-16)20(25)24-15-6-4-2-3-5-7-15/h8-13,15,23H,2-7H2,1H3,(H,24,25). The van der Waals surface area contributed by atoms with Gasteiger partial charge in [0.2, 0.25) is 0 Å². The van der Waals surface area contributed by atoms with Gasteiger partial charge >= 0.3 is 0 Å². The van der Waals surface area contributed by atoms with E-state index in [1.807, 2.05) is 6.07 Å². The molecule has 1 fully saturated rings. The highest BCUT2D eigenvalue weighted by Gasteiger charge is 2.16. The van der Waals surface area contributed by atoms with E-state index in [2.05, 4.69) is 15.6 Å². The topological polar surface area (TPSA) is 63.2 Å². The monoisotopic (exact) mass is 373 g/mol. The van der Waals surface area contributed by atoms with Crippen LogP contribution in [0.3, 0.4) is 0 Å². The van der Waals surface area contributed by atoms with E-state index in [0.29, 0.717) is 16.5 Å². The Balaban J connectivity index is 1.64.